The third-order valence-corrected chi connectivity index (χ3v) is 5.40. The molecule has 2 amide bonds. The minimum atomic E-state index is -0.366. The molecule has 0 bridgehead atoms. The van der Waals surface area contributed by atoms with E-state index >= 15 is 0 Å². The molecule has 2 aliphatic heterocycles. The van der Waals surface area contributed by atoms with E-state index in [4.69, 9.17) is 4.74 Å². The molecule has 3 heterocycles. The van der Waals surface area contributed by atoms with Gasteiger partial charge in [-0.3, -0.25) is 9.59 Å². The summed E-state index contributed by atoms with van der Waals surface area (Å²) in [7, 11) is 0. The Morgan fingerprint density at radius 3 is 2.59 bits per heavy atom. The SMILES string of the molecule is Cc1nccc(OC2CCN(C(=O)C3CC(=O)N(c4ccc(F)cc4)C3)CC2)n1. The minimum Gasteiger partial charge on any atom is -0.474 e. The molecule has 152 valence electrons. The normalized spacial score (nSPS) is 20.2. The smallest absolute Gasteiger partial charge is 0.228 e. The number of hydrogen-bond donors (Lipinski definition) is 0. The molecule has 7 nitrogen and oxygen atoms in total. The summed E-state index contributed by atoms with van der Waals surface area (Å²) in [6, 6.07) is 7.51. The summed E-state index contributed by atoms with van der Waals surface area (Å²) in [6.07, 6.45) is 3.30. The van der Waals surface area contributed by atoms with Gasteiger partial charge >= 0.3 is 0 Å². The van der Waals surface area contributed by atoms with Gasteiger partial charge in [-0.2, -0.15) is 4.98 Å². The predicted octanol–water partition coefficient (Wildman–Crippen LogP) is 2.35. The average Bonchev–Trinajstić information content (AvgIpc) is 3.10. The predicted molar refractivity (Wildman–Crippen MR) is 104 cm³/mol. The monoisotopic (exact) mass is 398 g/mol. The van der Waals surface area contributed by atoms with Crippen LogP contribution in [-0.4, -0.2) is 52.4 Å². The lowest BCUT2D eigenvalue weighted by Crippen LogP contribution is -2.45. The lowest BCUT2D eigenvalue weighted by Gasteiger charge is -2.33. The van der Waals surface area contributed by atoms with Crippen LogP contribution < -0.4 is 9.64 Å². The van der Waals surface area contributed by atoms with Gasteiger partial charge in [0.25, 0.3) is 0 Å². The van der Waals surface area contributed by atoms with Gasteiger partial charge < -0.3 is 14.5 Å². The molecular weight excluding hydrogens is 375 g/mol. The van der Waals surface area contributed by atoms with Crippen LogP contribution in [0.25, 0.3) is 0 Å². The van der Waals surface area contributed by atoms with Crippen molar-refractivity contribution < 1.29 is 18.7 Å². The van der Waals surface area contributed by atoms with Crippen molar-refractivity contribution in [2.75, 3.05) is 24.5 Å². The summed E-state index contributed by atoms with van der Waals surface area (Å²) in [4.78, 5) is 37.0. The van der Waals surface area contributed by atoms with Crippen LogP contribution in [0, 0.1) is 18.7 Å². The van der Waals surface area contributed by atoms with Crippen molar-refractivity contribution in [3.8, 4) is 5.88 Å². The van der Waals surface area contributed by atoms with Gasteiger partial charge in [-0.15, -0.1) is 0 Å². The fourth-order valence-electron chi connectivity index (χ4n) is 3.87. The van der Waals surface area contributed by atoms with E-state index < -0.39 is 0 Å². The van der Waals surface area contributed by atoms with Crippen LogP contribution in [0.2, 0.25) is 0 Å². The molecule has 1 aromatic carbocycles. The number of carbonyl (C=O) groups excluding carboxylic acids is 2. The molecule has 1 aromatic heterocycles. The molecule has 0 saturated carbocycles. The Hall–Kier alpha value is -3.03. The Bertz CT molecular complexity index is 897. The fraction of sp³-hybridized carbons (Fsp3) is 0.429. The van der Waals surface area contributed by atoms with Crippen LogP contribution in [0.5, 0.6) is 5.88 Å². The molecule has 0 spiro atoms. The number of benzene rings is 1. The minimum absolute atomic E-state index is 0.000655. The standard InChI is InChI=1S/C21H23FN4O3/c1-14-23-9-6-19(24-14)29-18-7-10-25(11-8-18)21(28)15-12-20(27)26(13-15)17-4-2-16(22)3-5-17/h2-6,9,15,18H,7-8,10-13H2,1H3. The second-order valence-electron chi connectivity index (χ2n) is 7.47. The van der Waals surface area contributed by atoms with E-state index in [2.05, 4.69) is 9.97 Å². The molecule has 29 heavy (non-hydrogen) atoms. The van der Waals surface area contributed by atoms with Gasteiger partial charge in [-0.05, 0) is 31.2 Å². The molecule has 8 heteroatoms. The van der Waals surface area contributed by atoms with Crippen LogP contribution in [0.1, 0.15) is 25.1 Å². The van der Waals surface area contributed by atoms with Crippen LogP contribution in [-0.2, 0) is 9.59 Å². The van der Waals surface area contributed by atoms with Crippen molar-refractivity contribution in [2.45, 2.75) is 32.3 Å². The number of anilines is 1. The zero-order valence-corrected chi connectivity index (χ0v) is 16.3. The van der Waals surface area contributed by atoms with E-state index in [9.17, 15) is 14.0 Å². The molecule has 2 saturated heterocycles. The van der Waals surface area contributed by atoms with Gasteiger partial charge in [0.2, 0.25) is 17.7 Å². The number of hydrogen-bond acceptors (Lipinski definition) is 5. The van der Waals surface area contributed by atoms with E-state index in [1.165, 1.54) is 12.1 Å². The summed E-state index contributed by atoms with van der Waals surface area (Å²) in [6.45, 7) is 3.33. The molecule has 1 atom stereocenters. The highest BCUT2D eigenvalue weighted by atomic mass is 19.1. The zero-order chi connectivity index (χ0) is 20.4. The maximum atomic E-state index is 13.1. The van der Waals surface area contributed by atoms with Crippen molar-refractivity contribution in [2.24, 2.45) is 5.92 Å². The molecule has 4 rings (SSSR count). The molecule has 2 fully saturated rings. The highest BCUT2D eigenvalue weighted by molar-refractivity contribution is 6.00. The number of likely N-dealkylation sites (tertiary alicyclic amines) is 1. The van der Waals surface area contributed by atoms with Gasteiger partial charge in [-0.25, -0.2) is 9.37 Å². The number of aryl methyl sites for hydroxylation is 1. The zero-order valence-electron chi connectivity index (χ0n) is 16.3. The number of ether oxygens (including phenoxy) is 1. The number of nitrogens with zero attached hydrogens (tertiary/aromatic N) is 4. The first kappa shape index (κ1) is 19.3. The van der Waals surface area contributed by atoms with Crippen molar-refractivity contribution >= 4 is 17.5 Å². The molecule has 0 N–H and O–H groups in total. The number of halogens is 1. The highest BCUT2D eigenvalue weighted by Gasteiger charge is 2.38. The number of aromatic nitrogens is 2. The number of rotatable bonds is 4. The van der Waals surface area contributed by atoms with Crippen molar-refractivity contribution in [1.82, 2.24) is 14.9 Å². The molecule has 1 unspecified atom stereocenters. The molecule has 2 aliphatic rings. The van der Waals surface area contributed by atoms with E-state index in [1.54, 1.807) is 29.3 Å². The third-order valence-electron chi connectivity index (χ3n) is 5.40. The summed E-state index contributed by atoms with van der Waals surface area (Å²) < 4.78 is 19.0. The Balaban J connectivity index is 1.31. The number of carbonyl (C=O) groups is 2. The number of amides is 2. The molecule has 2 aromatic rings. The molecule has 0 aliphatic carbocycles. The van der Waals surface area contributed by atoms with E-state index in [0.717, 1.165) is 12.8 Å². The van der Waals surface area contributed by atoms with Crippen LogP contribution in [0.15, 0.2) is 36.5 Å². The maximum Gasteiger partial charge on any atom is 0.228 e. The lowest BCUT2D eigenvalue weighted by atomic mass is 10.0. The Morgan fingerprint density at radius 1 is 1.17 bits per heavy atom. The molecular formula is C21H23FN4O3. The van der Waals surface area contributed by atoms with Gasteiger partial charge in [0.15, 0.2) is 0 Å². The van der Waals surface area contributed by atoms with E-state index in [1.807, 2.05) is 11.8 Å². The highest BCUT2D eigenvalue weighted by Crippen LogP contribution is 2.28. The second-order valence-corrected chi connectivity index (χ2v) is 7.47. The van der Waals surface area contributed by atoms with Gasteiger partial charge in [0, 0.05) is 56.8 Å². The van der Waals surface area contributed by atoms with E-state index in [0.29, 0.717) is 37.0 Å². The average molecular weight is 398 g/mol. The summed E-state index contributed by atoms with van der Waals surface area (Å²) in [5.74, 6) is 0.390. The van der Waals surface area contributed by atoms with Gasteiger partial charge in [-0.1, -0.05) is 0 Å². The maximum absolute atomic E-state index is 13.1. The fourth-order valence-corrected chi connectivity index (χ4v) is 3.87. The third kappa shape index (κ3) is 4.36. The molecule has 0 radical (unpaired) electrons. The van der Waals surface area contributed by atoms with Gasteiger partial charge in [0.1, 0.15) is 17.7 Å². The van der Waals surface area contributed by atoms with E-state index in [-0.39, 0.29) is 36.1 Å². The summed E-state index contributed by atoms with van der Waals surface area (Å²) in [5.41, 5.74) is 0.624. The van der Waals surface area contributed by atoms with Crippen molar-refractivity contribution in [3.05, 3.63) is 48.2 Å². The summed E-state index contributed by atoms with van der Waals surface area (Å²) in [5, 5.41) is 0. The quantitative estimate of drug-likeness (QED) is 0.790. The Morgan fingerprint density at radius 2 is 1.90 bits per heavy atom. The summed E-state index contributed by atoms with van der Waals surface area (Å²) >= 11 is 0. The first-order valence-corrected chi connectivity index (χ1v) is 9.80. The first-order chi connectivity index (χ1) is 14.0. The van der Waals surface area contributed by atoms with Crippen molar-refractivity contribution in [3.63, 3.8) is 0 Å². The van der Waals surface area contributed by atoms with Crippen molar-refractivity contribution in [1.29, 1.82) is 0 Å². The largest absolute Gasteiger partial charge is 0.474 e. The van der Waals surface area contributed by atoms with Gasteiger partial charge in [0.05, 0.1) is 5.92 Å². The Labute approximate surface area is 168 Å². The van der Waals surface area contributed by atoms with Crippen LogP contribution in [0.3, 0.4) is 0 Å². The second kappa shape index (κ2) is 8.14. The Kier molecular flexibility index (Phi) is 5.42. The lowest BCUT2D eigenvalue weighted by molar-refractivity contribution is -0.137. The first-order valence-electron chi connectivity index (χ1n) is 9.80. The topological polar surface area (TPSA) is 75.6 Å². The van der Waals surface area contributed by atoms with Crippen LogP contribution in [0.4, 0.5) is 10.1 Å². The van der Waals surface area contributed by atoms with Crippen LogP contribution >= 0.6 is 0 Å². The number of piperidine rings is 1.